The summed E-state index contributed by atoms with van der Waals surface area (Å²) in [4.78, 5) is 0. The lowest BCUT2D eigenvalue weighted by atomic mass is 10.2. The molecule has 0 heterocycles. The quantitative estimate of drug-likeness (QED) is 0.790. The molecule has 1 nitrogen and oxygen atoms in total. The Hall–Kier alpha value is -0.810. The Morgan fingerprint density at radius 1 is 1.36 bits per heavy atom. The Morgan fingerprint density at radius 3 is 2.50 bits per heavy atom. The minimum absolute atomic E-state index is 0.261. The van der Waals surface area contributed by atoms with Gasteiger partial charge in [0.05, 0.1) is 16.1 Å². The van der Waals surface area contributed by atoms with E-state index in [4.69, 9.17) is 11.6 Å². The molecule has 1 aromatic carbocycles. The molecule has 0 radical (unpaired) electrons. The molecule has 1 rings (SSSR count). The van der Waals surface area contributed by atoms with Crippen molar-refractivity contribution >= 4 is 35.0 Å². The number of benzene rings is 1. The predicted molar refractivity (Wildman–Crippen MR) is 53.7 cm³/mol. The Bertz CT molecular complexity index is 351. The van der Waals surface area contributed by atoms with Crippen LogP contribution in [-0.4, -0.2) is 5.49 Å². The van der Waals surface area contributed by atoms with Crippen molar-refractivity contribution in [3.63, 3.8) is 0 Å². The summed E-state index contributed by atoms with van der Waals surface area (Å²) in [6.07, 6.45) is -4.45. The van der Waals surface area contributed by atoms with Gasteiger partial charge in [0.25, 0.3) is 0 Å². The fourth-order valence-corrected chi connectivity index (χ4v) is 1.26. The maximum atomic E-state index is 12.3. The minimum Gasteiger partial charge on any atom is -0.353 e. The van der Waals surface area contributed by atoms with E-state index in [2.05, 4.69) is 17.5 Å². The lowest BCUT2D eigenvalue weighted by Crippen LogP contribution is -2.06. The van der Waals surface area contributed by atoms with E-state index in [9.17, 15) is 13.2 Å². The fourth-order valence-electron chi connectivity index (χ4n) is 0.900. The third-order valence-electron chi connectivity index (χ3n) is 1.50. The molecule has 0 aliphatic heterocycles. The Labute approximate surface area is 88.9 Å². The normalized spacial score (nSPS) is 11.1. The van der Waals surface area contributed by atoms with Crippen molar-refractivity contribution in [3.8, 4) is 0 Å². The number of nitrogens with one attached hydrogen (secondary N) is 1. The number of hydrogen-bond acceptors (Lipinski definition) is 1. The van der Waals surface area contributed by atoms with Crippen LogP contribution in [0.5, 0.6) is 0 Å². The van der Waals surface area contributed by atoms with Crippen LogP contribution in [0.3, 0.4) is 0 Å². The Kier molecular flexibility index (Phi) is 3.34. The van der Waals surface area contributed by atoms with Crippen LogP contribution in [0.25, 0.3) is 0 Å². The largest absolute Gasteiger partial charge is 0.417 e. The summed E-state index contributed by atoms with van der Waals surface area (Å²) in [5.41, 5.74) is 0.515. The van der Waals surface area contributed by atoms with Gasteiger partial charge in [-0.2, -0.15) is 13.2 Å². The number of alkyl halides is 3. The van der Waals surface area contributed by atoms with Gasteiger partial charge in [-0.05, 0) is 18.2 Å². The summed E-state index contributed by atoms with van der Waals surface area (Å²) < 4.78 is 37.0. The van der Waals surface area contributed by atoms with Crippen LogP contribution < -0.4 is 5.32 Å². The number of halogens is 4. The molecule has 1 N–H and O–H groups in total. The topological polar surface area (TPSA) is 12.0 Å². The molecule has 0 aliphatic rings. The first-order valence-corrected chi connectivity index (χ1v) is 4.37. The highest BCUT2D eigenvalue weighted by molar-refractivity contribution is 7.79. The second-order valence-corrected chi connectivity index (χ2v) is 3.10. The van der Waals surface area contributed by atoms with Crippen molar-refractivity contribution in [3.05, 3.63) is 28.8 Å². The first-order valence-electron chi connectivity index (χ1n) is 3.52. The first kappa shape index (κ1) is 11.3. The van der Waals surface area contributed by atoms with E-state index in [-0.39, 0.29) is 10.7 Å². The van der Waals surface area contributed by atoms with E-state index in [1.165, 1.54) is 12.1 Å². The van der Waals surface area contributed by atoms with E-state index in [1.807, 2.05) is 0 Å². The van der Waals surface area contributed by atoms with E-state index in [0.717, 1.165) is 11.6 Å². The zero-order valence-electron chi connectivity index (χ0n) is 6.73. The van der Waals surface area contributed by atoms with Gasteiger partial charge in [-0.3, -0.25) is 0 Å². The zero-order chi connectivity index (χ0) is 10.8. The van der Waals surface area contributed by atoms with Gasteiger partial charge in [0.2, 0.25) is 0 Å². The monoisotopic (exact) mass is 239 g/mol. The van der Waals surface area contributed by atoms with Crippen molar-refractivity contribution in [2.75, 3.05) is 5.32 Å². The Balaban J connectivity index is 3.15. The molecule has 0 unspecified atom stereocenters. The van der Waals surface area contributed by atoms with Gasteiger partial charge in [-0.15, -0.1) is 0 Å². The van der Waals surface area contributed by atoms with E-state index in [0.29, 0.717) is 0 Å². The molecule has 14 heavy (non-hydrogen) atoms. The molecule has 76 valence electrons. The highest BCUT2D eigenvalue weighted by Gasteiger charge is 2.33. The third kappa shape index (κ3) is 2.59. The molecular formula is C8H5ClF3NS. The van der Waals surface area contributed by atoms with Crippen molar-refractivity contribution in [1.29, 1.82) is 0 Å². The van der Waals surface area contributed by atoms with Crippen molar-refractivity contribution in [2.24, 2.45) is 0 Å². The van der Waals surface area contributed by atoms with Crippen LogP contribution in [0.2, 0.25) is 5.02 Å². The smallest absolute Gasteiger partial charge is 0.353 e. The predicted octanol–water partition coefficient (Wildman–Crippen LogP) is 3.73. The number of anilines is 1. The van der Waals surface area contributed by atoms with Gasteiger partial charge in [0.15, 0.2) is 0 Å². The Morgan fingerprint density at radius 2 is 2.00 bits per heavy atom. The number of thiocarbonyl (C=S) groups is 1. The summed E-state index contributed by atoms with van der Waals surface area (Å²) in [6.45, 7) is 0. The summed E-state index contributed by atoms with van der Waals surface area (Å²) >= 11 is 9.85. The second-order valence-electron chi connectivity index (χ2n) is 2.45. The molecule has 0 amide bonds. The highest BCUT2D eigenvalue weighted by Crippen LogP contribution is 2.35. The van der Waals surface area contributed by atoms with Gasteiger partial charge in [-0.1, -0.05) is 23.8 Å². The lowest BCUT2D eigenvalue weighted by molar-refractivity contribution is -0.137. The molecule has 1 aromatic rings. The van der Waals surface area contributed by atoms with E-state index in [1.54, 1.807) is 0 Å². The molecule has 0 spiro atoms. The van der Waals surface area contributed by atoms with Gasteiger partial charge >= 0.3 is 6.18 Å². The van der Waals surface area contributed by atoms with Crippen molar-refractivity contribution in [2.45, 2.75) is 6.18 Å². The third-order valence-corrected chi connectivity index (χ3v) is 1.94. The average molecular weight is 240 g/mol. The summed E-state index contributed by atoms with van der Waals surface area (Å²) in [7, 11) is 0. The molecule has 6 heteroatoms. The van der Waals surface area contributed by atoms with Crippen LogP contribution in [0, 0.1) is 0 Å². The summed E-state index contributed by atoms with van der Waals surface area (Å²) in [5.74, 6) is 0. The van der Waals surface area contributed by atoms with Gasteiger partial charge in [0.1, 0.15) is 0 Å². The summed E-state index contributed by atoms with van der Waals surface area (Å²) in [6, 6.07) is 3.50. The SMILES string of the molecule is FC(F)(F)c1cc(NC=S)ccc1Cl. The first-order chi connectivity index (χ1) is 6.45. The number of rotatable bonds is 2. The fraction of sp³-hybridized carbons (Fsp3) is 0.125. The molecule has 0 aromatic heterocycles. The molecule has 0 bridgehead atoms. The average Bonchev–Trinajstić information content (AvgIpc) is 2.07. The van der Waals surface area contributed by atoms with Crippen LogP contribution in [0.1, 0.15) is 5.56 Å². The van der Waals surface area contributed by atoms with Crippen LogP contribution in [0.4, 0.5) is 18.9 Å². The summed E-state index contributed by atoms with van der Waals surface area (Å²) in [5, 5.41) is 2.15. The molecule has 0 fully saturated rings. The van der Waals surface area contributed by atoms with Crippen molar-refractivity contribution < 1.29 is 13.2 Å². The van der Waals surface area contributed by atoms with Crippen LogP contribution in [-0.2, 0) is 6.18 Å². The van der Waals surface area contributed by atoms with Crippen LogP contribution in [0.15, 0.2) is 18.2 Å². The van der Waals surface area contributed by atoms with Crippen molar-refractivity contribution in [1.82, 2.24) is 0 Å². The molecule has 0 atom stereocenters. The van der Waals surface area contributed by atoms with E-state index < -0.39 is 11.7 Å². The lowest BCUT2D eigenvalue weighted by Gasteiger charge is -2.10. The maximum absolute atomic E-state index is 12.3. The molecule has 0 saturated carbocycles. The van der Waals surface area contributed by atoms with Gasteiger partial charge in [-0.25, -0.2) is 0 Å². The standard InChI is InChI=1S/C8H5ClF3NS/c9-7-2-1-5(13-4-14)3-6(7)8(10,11)12/h1-4H,(H,13,14). The maximum Gasteiger partial charge on any atom is 0.417 e. The zero-order valence-corrected chi connectivity index (χ0v) is 8.30. The molecular weight excluding hydrogens is 235 g/mol. The second kappa shape index (κ2) is 4.14. The highest BCUT2D eigenvalue weighted by atomic mass is 35.5. The minimum atomic E-state index is -4.45. The molecule has 0 aliphatic carbocycles. The van der Waals surface area contributed by atoms with E-state index >= 15 is 0 Å². The van der Waals surface area contributed by atoms with Gasteiger partial charge in [0, 0.05) is 5.69 Å². The van der Waals surface area contributed by atoms with Gasteiger partial charge < -0.3 is 5.32 Å². The molecule has 0 saturated heterocycles. The van der Waals surface area contributed by atoms with Crippen LogP contribution >= 0.6 is 23.8 Å². The number of hydrogen-bond donors (Lipinski definition) is 1.